The van der Waals surface area contributed by atoms with Crippen LogP contribution in [-0.2, 0) is 24.8 Å². The fourth-order valence-corrected chi connectivity index (χ4v) is 8.63. The number of amides is 1. The van der Waals surface area contributed by atoms with E-state index in [9.17, 15) is 26.7 Å². The zero-order chi connectivity index (χ0) is 33.5. The lowest BCUT2D eigenvalue weighted by atomic mass is 10.0. The van der Waals surface area contributed by atoms with Crippen molar-refractivity contribution in [1.82, 2.24) is 9.21 Å². The molecule has 4 rings (SSSR count). The number of nitrogens with one attached hydrogen (secondary N) is 1. The lowest BCUT2D eigenvalue weighted by molar-refractivity contribution is -0.00832. The Hall–Kier alpha value is -3.01. The summed E-state index contributed by atoms with van der Waals surface area (Å²) in [6.45, 7) is 5.77. The smallest absolute Gasteiger partial charge is 0.261 e. The van der Waals surface area contributed by atoms with Gasteiger partial charge in [0.1, 0.15) is 9.96 Å². The van der Waals surface area contributed by atoms with E-state index in [1.807, 2.05) is 13.8 Å². The molecule has 0 aliphatic carbocycles. The molecule has 1 aliphatic heterocycles. The van der Waals surface area contributed by atoms with Crippen molar-refractivity contribution in [3.8, 4) is 5.75 Å². The Bertz CT molecular complexity index is 1650. The van der Waals surface area contributed by atoms with Gasteiger partial charge in [0.25, 0.3) is 26.0 Å². The van der Waals surface area contributed by atoms with Crippen LogP contribution in [0.25, 0.3) is 0 Å². The summed E-state index contributed by atoms with van der Waals surface area (Å²) in [5, 5.41) is 11.9. The molecule has 0 spiro atoms. The van der Waals surface area contributed by atoms with Gasteiger partial charge in [0, 0.05) is 38.3 Å². The first kappa shape index (κ1) is 35.8. The predicted octanol–water partition coefficient (Wildman–Crippen LogP) is 4.67. The van der Waals surface area contributed by atoms with Crippen molar-refractivity contribution >= 4 is 43.0 Å². The van der Waals surface area contributed by atoms with E-state index in [4.69, 9.17) is 9.47 Å². The van der Waals surface area contributed by atoms with Crippen molar-refractivity contribution in [3.05, 3.63) is 71.6 Å². The van der Waals surface area contributed by atoms with Crippen molar-refractivity contribution < 1.29 is 36.2 Å². The molecule has 0 bridgehead atoms. The van der Waals surface area contributed by atoms with Gasteiger partial charge in [-0.15, -0.1) is 11.3 Å². The Morgan fingerprint density at radius 1 is 1.07 bits per heavy atom. The molecule has 0 saturated heterocycles. The lowest BCUT2D eigenvalue weighted by Crippen LogP contribution is -2.48. The van der Waals surface area contributed by atoms with E-state index in [0.717, 1.165) is 24.2 Å². The number of aliphatic hydroxyl groups is 1. The third-order valence-corrected chi connectivity index (χ3v) is 12.5. The topological polar surface area (TPSA) is 143 Å². The summed E-state index contributed by atoms with van der Waals surface area (Å²) >= 11 is 1.14. The van der Waals surface area contributed by atoms with Gasteiger partial charge in [0.05, 0.1) is 35.3 Å². The maximum absolute atomic E-state index is 14.3. The zero-order valence-corrected chi connectivity index (χ0v) is 29.0. The number of anilines is 1. The van der Waals surface area contributed by atoms with Gasteiger partial charge in [-0.3, -0.25) is 9.52 Å². The molecule has 4 atom stereocenters. The number of likely N-dealkylation sites (N-methyl/N-ethyl adjacent to an activating group) is 1. The van der Waals surface area contributed by atoms with Gasteiger partial charge < -0.3 is 19.5 Å². The number of sulfonamides is 2. The minimum Gasteiger partial charge on any atom is -0.490 e. The first-order valence-corrected chi connectivity index (χ1v) is 19.1. The molecule has 0 saturated carbocycles. The van der Waals surface area contributed by atoms with Gasteiger partial charge in [-0.2, -0.15) is 4.31 Å². The summed E-state index contributed by atoms with van der Waals surface area (Å²) in [5.41, 5.74) is 0.319. The molecule has 1 amide bonds. The molecule has 3 aromatic rings. The van der Waals surface area contributed by atoms with E-state index in [0.29, 0.717) is 18.8 Å². The van der Waals surface area contributed by atoms with Crippen LogP contribution in [0.4, 0.5) is 5.69 Å². The second kappa shape index (κ2) is 15.7. The Morgan fingerprint density at radius 3 is 2.48 bits per heavy atom. The SMILES string of the molecule is C[C@H](CO)N1C[C@H](C)[C@H](CN(C)S(=O)(=O)c2cccs2)OCCCC[C@H](C)Oc2ccc(NS(=O)(=O)c3ccccc3)cc2C1=O. The molecule has 1 aliphatic rings. The predicted molar refractivity (Wildman–Crippen MR) is 178 cm³/mol. The maximum atomic E-state index is 14.3. The molecular formula is C32H43N3O8S3. The van der Waals surface area contributed by atoms with Crippen molar-refractivity contribution in [2.24, 2.45) is 5.92 Å². The molecule has 0 fully saturated rings. The normalized spacial score (nSPS) is 21.2. The average Bonchev–Trinajstić information content (AvgIpc) is 3.59. The van der Waals surface area contributed by atoms with Crippen molar-refractivity contribution in [3.63, 3.8) is 0 Å². The number of hydrogen-bond acceptors (Lipinski definition) is 9. The van der Waals surface area contributed by atoms with Crippen LogP contribution in [-0.4, -0.2) is 88.7 Å². The number of carbonyl (C=O) groups excluding carboxylic acids is 1. The number of thiophene rings is 1. The van der Waals surface area contributed by atoms with E-state index >= 15 is 0 Å². The quantitative estimate of drug-likeness (QED) is 0.330. The summed E-state index contributed by atoms with van der Waals surface area (Å²) in [4.78, 5) is 15.9. The Kier molecular flexibility index (Phi) is 12.2. The molecule has 1 aromatic heterocycles. The van der Waals surface area contributed by atoms with E-state index in [-0.39, 0.29) is 52.1 Å². The first-order chi connectivity index (χ1) is 21.8. The summed E-state index contributed by atoms with van der Waals surface area (Å²) in [6, 6.07) is 15.1. The highest BCUT2D eigenvalue weighted by Crippen LogP contribution is 2.30. The lowest BCUT2D eigenvalue weighted by Gasteiger charge is -2.35. The molecule has 14 heteroatoms. The van der Waals surface area contributed by atoms with Crippen molar-refractivity contribution in [2.75, 3.05) is 38.1 Å². The van der Waals surface area contributed by atoms with E-state index in [2.05, 4.69) is 4.72 Å². The molecule has 252 valence electrons. The molecule has 2 heterocycles. The highest BCUT2D eigenvalue weighted by atomic mass is 32.2. The molecular weight excluding hydrogens is 651 g/mol. The van der Waals surface area contributed by atoms with E-state index < -0.39 is 38.1 Å². The van der Waals surface area contributed by atoms with Crippen LogP contribution in [0.5, 0.6) is 5.75 Å². The minimum atomic E-state index is -3.93. The van der Waals surface area contributed by atoms with Gasteiger partial charge >= 0.3 is 0 Å². The molecule has 11 nitrogen and oxygen atoms in total. The van der Waals surface area contributed by atoms with E-state index in [1.54, 1.807) is 54.8 Å². The minimum absolute atomic E-state index is 0.0679. The van der Waals surface area contributed by atoms with Crippen molar-refractivity contribution in [2.45, 2.75) is 67.4 Å². The van der Waals surface area contributed by atoms with Crippen LogP contribution < -0.4 is 9.46 Å². The molecule has 2 N–H and O–H groups in total. The monoisotopic (exact) mass is 693 g/mol. The van der Waals surface area contributed by atoms with Gasteiger partial charge in [0.15, 0.2) is 0 Å². The number of ether oxygens (including phenoxy) is 2. The van der Waals surface area contributed by atoms with Gasteiger partial charge in [-0.1, -0.05) is 31.2 Å². The summed E-state index contributed by atoms with van der Waals surface area (Å²) < 4.78 is 69.2. The highest BCUT2D eigenvalue weighted by Gasteiger charge is 2.33. The third-order valence-electron chi connectivity index (χ3n) is 7.95. The summed E-state index contributed by atoms with van der Waals surface area (Å²) in [6.07, 6.45) is 1.35. The first-order valence-electron chi connectivity index (χ1n) is 15.2. The highest BCUT2D eigenvalue weighted by molar-refractivity contribution is 7.92. The van der Waals surface area contributed by atoms with Crippen LogP contribution in [0.1, 0.15) is 50.4 Å². The Morgan fingerprint density at radius 2 is 1.80 bits per heavy atom. The number of fused-ring (bicyclic) bond motifs is 1. The number of hydrogen-bond donors (Lipinski definition) is 2. The third kappa shape index (κ3) is 8.87. The number of nitrogens with zero attached hydrogens (tertiary/aromatic N) is 2. The average molecular weight is 694 g/mol. The van der Waals surface area contributed by atoms with Crippen LogP contribution in [0.3, 0.4) is 0 Å². The van der Waals surface area contributed by atoms with Crippen LogP contribution in [0.2, 0.25) is 0 Å². The van der Waals surface area contributed by atoms with Gasteiger partial charge in [0.2, 0.25) is 0 Å². The second-order valence-corrected chi connectivity index (χ2v) is 16.5. The molecule has 2 aromatic carbocycles. The van der Waals surface area contributed by atoms with Crippen LogP contribution in [0, 0.1) is 5.92 Å². The summed E-state index contributed by atoms with van der Waals surface area (Å²) in [5.74, 6) is -0.508. The zero-order valence-electron chi connectivity index (χ0n) is 26.5. The van der Waals surface area contributed by atoms with Gasteiger partial charge in [-0.25, -0.2) is 16.8 Å². The Labute approximate surface area is 276 Å². The second-order valence-electron chi connectivity index (χ2n) is 11.6. The fourth-order valence-electron chi connectivity index (χ4n) is 5.18. The molecule has 0 unspecified atom stereocenters. The van der Waals surface area contributed by atoms with Gasteiger partial charge in [-0.05, 0) is 74.9 Å². The standard InChI is InChI=1S/C32H43N3O8S3/c1-23-20-35(24(2)22-36)32(37)28-19-26(33-45(38,39)27-12-6-5-7-13-27)15-16-29(28)43-25(3)11-8-9-17-42-30(23)21-34(4)46(40,41)31-14-10-18-44-31/h5-7,10,12-16,18-19,23-25,30,33,36H,8-9,11,17,20-22H2,1-4H3/t23-,24+,25-,30-/m0/s1. The van der Waals surface area contributed by atoms with Crippen LogP contribution >= 0.6 is 11.3 Å². The molecule has 0 radical (unpaired) electrons. The van der Waals surface area contributed by atoms with Crippen molar-refractivity contribution in [1.29, 1.82) is 0 Å². The van der Waals surface area contributed by atoms with Crippen LogP contribution in [0.15, 0.2) is 75.1 Å². The Balaban J connectivity index is 1.68. The molecule has 46 heavy (non-hydrogen) atoms. The maximum Gasteiger partial charge on any atom is 0.261 e. The number of aliphatic hydroxyl groups excluding tert-OH is 1. The van der Waals surface area contributed by atoms with E-state index in [1.165, 1.54) is 34.5 Å². The summed E-state index contributed by atoms with van der Waals surface area (Å²) in [7, 11) is -6.15. The number of carbonyl (C=O) groups is 1. The number of rotatable bonds is 9. The fraction of sp³-hybridized carbons (Fsp3) is 0.469. The largest absolute Gasteiger partial charge is 0.490 e. The number of benzene rings is 2.